The molecule has 1 atom stereocenters. The Hall–Kier alpha value is -2.64. The third kappa shape index (κ3) is 4.00. The number of amides is 2. The van der Waals surface area contributed by atoms with Crippen LogP contribution in [0.15, 0.2) is 42.9 Å². The molecule has 1 aliphatic rings. The van der Waals surface area contributed by atoms with Gasteiger partial charge in [0.25, 0.3) is 0 Å². The van der Waals surface area contributed by atoms with Crippen LogP contribution >= 0.6 is 11.6 Å². The summed E-state index contributed by atoms with van der Waals surface area (Å²) in [6, 6.07) is 7.14. The van der Waals surface area contributed by atoms with Crippen LogP contribution in [0, 0.1) is 11.3 Å². The van der Waals surface area contributed by atoms with Crippen LogP contribution in [-0.4, -0.2) is 44.3 Å². The molecule has 3 N–H and O–H groups in total. The third-order valence-electron chi connectivity index (χ3n) is 6.29. The second kappa shape index (κ2) is 8.24. The van der Waals surface area contributed by atoms with Gasteiger partial charge in [-0.2, -0.15) is 5.10 Å². The third-order valence-corrected chi connectivity index (χ3v) is 6.51. The highest BCUT2D eigenvalue weighted by molar-refractivity contribution is 6.31. The van der Waals surface area contributed by atoms with Crippen molar-refractivity contribution in [2.45, 2.75) is 32.8 Å². The van der Waals surface area contributed by atoms with Crippen LogP contribution in [0.1, 0.15) is 38.4 Å². The Morgan fingerprint density at radius 1 is 1.33 bits per heavy atom. The van der Waals surface area contributed by atoms with E-state index in [2.05, 4.69) is 34.3 Å². The van der Waals surface area contributed by atoms with Gasteiger partial charge >= 0.3 is 6.03 Å². The molecule has 30 heavy (non-hydrogen) atoms. The van der Waals surface area contributed by atoms with Crippen LogP contribution in [0.2, 0.25) is 5.02 Å². The number of aliphatic hydroxyl groups is 1. The number of urea groups is 1. The van der Waals surface area contributed by atoms with Crippen LogP contribution in [0.5, 0.6) is 0 Å². The molecule has 0 unspecified atom stereocenters. The summed E-state index contributed by atoms with van der Waals surface area (Å²) in [6.45, 7) is 5.44. The summed E-state index contributed by atoms with van der Waals surface area (Å²) in [5, 5.41) is 22.7. The molecule has 0 saturated carbocycles. The van der Waals surface area contributed by atoms with E-state index in [4.69, 9.17) is 11.6 Å². The largest absolute Gasteiger partial charge is 0.388 e. The molecule has 3 aromatic rings. The minimum absolute atomic E-state index is 0.117. The van der Waals surface area contributed by atoms with Gasteiger partial charge in [0.15, 0.2) is 0 Å². The Morgan fingerprint density at radius 3 is 2.80 bits per heavy atom. The smallest absolute Gasteiger partial charge is 0.321 e. The summed E-state index contributed by atoms with van der Waals surface area (Å²) in [4.78, 5) is 18.4. The molecule has 1 saturated heterocycles. The molecular formula is C22H26ClN5O2. The van der Waals surface area contributed by atoms with Crippen molar-refractivity contribution in [3.05, 3.63) is 53.4 Å². The van der Waals surface area contributed by atoms with Crippen molar-refractivity contribution in [3.63, 3.8) is 0 Å². The number of rotatable bonds is 4. The normalized spacial score (nSPS) is 16.6. The number of H-pyrrole nitrogens is 1. The van der Waals surface area contributed by atoms with E-state index in [1.807, 2.05) is 23.1 Å². The molecule has 2 aromatic heterocycles. The minimum Gasteiger partial charge on any atom is -0.388 e. The molecular weight excluding hydrogens is 402 g/mol. The van der Waals surface area contributed by atoms with Crippen molar-refractivity contribution in [1.29, 1.82) is 0 Å². The number of carbonyl (C=O) groups excluding carboxylic acids is 1. The number of benzene rings is 1. The van der Waals surface area contributed by atoms with Gasteiger partial charge in [0, 0.05) is 35.3 Å². The van der Waals surface area contributed by atoms with Crippen LogP contribution in [0.4, 0.5) is 10.5 Å². The number of nitrogens with one attached hydrogen (secondary N) is 2. The fourth-order valence-electron chi connectivity index (χ4n) is 4.35. The van der Waals surface area contributed by atoms with Gasteiger partial charge in [0.2, 0.25) is 0 Å². The quantitative estimate of drug-likeness (QED) is 0.566. The number of halogens is 1. The van der Waals surface area contributed by atoms with Crippen LogP contribution in [-0.2, 0) is 0 Å². The van der Waals surface area contributed by atoms with Gasteiger partial charge in [-0.25, -0.2) is 4.79 Å². The molecule has 3 heterocycles. The Labute approximate surface area is 180 Å². The highest BCUT2D eigenvalue weighted by Gasteiger charge is 2.40. The molecule has 7 nitrogen and oxygen atoms in total. The zero-order valence-electron chi connectivity index (χ0n) is 17.1. The predicted octanol–water partition coefficient (Wildman–Crippen LogP) is 4.62. The highest BCUT2D eigenvalue weighted by atomic mass is 35.5. The van der Waals surface area contributed by atoms with Crippen molar-refractivity contribution in [2.24, 2.45) is 11.3 Å². The summed E-state index contributed by atoms with van der Waals surface area (Å²) in [7, 11) is 0. The van der Waals surface area contributed by atoms with E-state index in [9.17, 15) is 9.90 Å². The van der Waals surface area contributed by atoms with E-state index >= 15 is 0 Å². The molecule has 2 amide bonds. The van der Waals surface area contributed by atoms with Gasteiger partial charge in [0.1, 0.15) is 0 Å². The summed E-state index contributed by atoms with van der Waals surface area (Å²) in [6.07, 6.45) is 5.94. The van der Waals surface area contributed by atoms with Crippen LogP contribution in [0.25, 0.3) is 10.9 Å². The fraction of sp³-hybridized carbons (Fsp3) is 0.409. The van der Waals surface area contributed by atoms with Crippen molar-refractivity contribution in [3.8, 4) is 0 Å². The number of carbonyl (C=O) groups is 1. The molecule has 1 fully saturated rings. The number of piperidine rings is 1. The first kappa shape index (κ1) is 20.6. The second-order valence-electron chi connectivity index (χ2n) is 8.49. The van der Waals surface area contributed by atoms with Crippen LogP contribution < -0.4 is 5.32 Å². The molecule has 0 radical (unpaired) electrons. The average molecular weight is 428 g/mol. The molecule has 1 aromatic carbocycles. The van der Waals surface area contributed by atoms with E-state index in [0.29, 0.717) is 23.8 Å². The Bertz CT molecular complexity index is 1030. The first-order valence-electron chi connectivity index (χ1n) is 10.1. The monoisotopic (exact) mass is 427 g/mol. The molecule has 158 valence electrons. The number of aromatic nitrogens is 3. The number of anilines is 1. The lowest BCUT2D eigenvalue weighted by atomic mass is 9.68. The standard InChI is InChI=1S/C22H26ClN5O2/c1-22(2,20(29)18-11-16(23)10-14-12-25-27-19(14)18)15-5-8-28(9-6-15)21(30)26-17-4-3-7-24-13-17/h3-4,7,10-13,15,20,29H,5-6,8-9H2,1-2H3,(H,25,27)(H,26,30)/t20-/m1/s1. The average Bonchev–Trinajstić information content (AvgIpc) is 3.21. The lowest BCUT2D eigenvalue weighted by Gasteiger charge is -2.43. The number of fused-ring (bicyclic) bond motifs is 1. The van der Waals surface area contributed by atoms with E-state index in [1.165, 1.54) is 0 Å². The van der Waals surface area contributed by atoms with Gasteiger partial charge in [-0.3, -0.25) is 10.1 Å². The number of pyridine rings is 1. The number of hydrogen-bond acceptors (Lipinski definition) is 4. The minimum atomic E-state index is -0.708. The van der Waals surface area contributed by atoms with Gasteiger partial charge in [-0.15, -0.1) is 0 Å². The zero-order valence-corrected chi connectivity index (χ0v) is 17.9. The summed E-state index contributed by atoms with van der Waals surface area (Å²) >= 11 is 6.27. The Morgan fingerprint density at radius 2 is 2.10 bits per heavy atom. The Kier molecular flexibility index (Phi) is 5.66. The molecule has 4 rings (SSSR count). The van der Waals surface area contributed by atoms with Gasteiger partial charge < -0.3 is 15.3 Å². The summed E-state index contributed by atoms with van der Waals surface area (Å²) in [5.41, 5.74) is 1.86. The number of aliphatic hydroxyl groups excluding tert-OH is 1. The van der Waals surface area contributed by atoms with E-state index in [0.717, 1.165) is 29.3 Å². The van der Waals surface area contributed by atoms with Crippen molar-refractivity contribution in [1.82, 2.24) is 20.1 Å². The summed E-state index contributed by atoms with van der Waals surface area (Å²) in [5.74, 6) is 0.256. The lowest BCUT2D eigenvalue weighted by Crippen LogP contribution is -2.45. The van der Waals surface area contributed by atoms with Crippen molar-refractivity contribution in [2.75, 3.05) is 18.4 Å². The highest BCUT2D eigenvalue weighted by Crippen LogP contribution is 2.46. The van der Waals surface area contributed by atoms with Gasteiger partial charge in [0.05, 0.1) is 29.7 Å². The maximum atomic E-state index is 12.5. The topological polar surface area (TPSA) is 94.1 Å². The van der Waals surface area contributed by atoms with Crippen molar-refractivity contribution < 1.29 is 9.90 Å². The maximum absolute atomic E-state index is 12.5. The predicted molar refractivity (Wildman–Crippen MR) is 117 cm³/mol. The van der Waals surface area contributed by atoms with Gasteiger partial charge in [-0.1, -0.05) is 25.4 Å². The SMILES string of the molecule is CC(C)(C1CCN(C(=O)Nc2cccnc2)CC1)[C@H](O)c1cc(Cl)cc2cn[nH]c12. The molecule has 1 aliphatic heterocycles. The molecule has 8 heteroatoms. The van der Waals surface area contributed by atoms with Crippen molar-refractivity contribution >= 4 is 34.2 Å². The van der Waals surface area contributed by atoms with E-state index in [-0.39, 0.29) is 11.9 Å². The van der Waals surface area contributed by atoms with E-state index in [1.54, 1.807) is 24.7 Å². The fourth-order valence-corrected chi connectivity index (χ4v) is 4.59. The first-order chi connectivity index (χ1) is 14.4. The lowest BCUT2D eigenvalue weighted by molar-refractivity contribution is -0.0138. The number of likely N-dealkylation sites (tertiary alicyclic amines) is 1. The summed E-state index contributed by atoms with van der Waals surface area (Å²) < 4.78 is 0. The molecule has 0 spiro atoms. The molecule has 0 bridgehead atoms. The first-order valence-corrected chi connectivity index (χ1v) is 10.5. The number of aromatic amines is 1. The number of hydrogen-bond donors (Lipinski definition) is 3. The van der Waals surface area contributed by atoms with Crippen LogP contribution in [0.3, 0.4) is 0 Å². The maximum Gasteiger partial charge on any atom is 0.321 e. The second-order valence-corrected chi connectivity index (χ2v) is 8.92. The number of nitrogens with zero attached hydrogens (tertiary/aromatic N) is 3. The van der Waals surface area contributed by atoms with Gasteiger partial charge in [-0.05, 0) is 48.4 Å². The van der Waals surface area contributed by atoms with E-state index < -0.39 is 11.5 Å². The zero-order chi connectivity index (χ0) is 21.3. The molecule has 0 aliphatic carbocycles. The Balaban J connectivity index is 1.44.